The Morgan fingerprint density at radius 3 is 2.88 bits per heavy atom. The van der Waals surface area contributed by atoms with Gasteiger partial charge in [-0.05, 0) is 6.07 Å². The van der Waals surface area contributed by atoms with Crippen LogP contribution in [0.25, 0.3) is 5.82 Å². The first kappa shape index (κ1) is 10.0. The molecule has 2 heterocycles. The minimum Gasteiger partial charge on any atom is -0.476 e. The summed E-state index contributed by atoms with van der Waals surface area (Å²) in [5, 5.41) is 14.8. The maximum atomic E-state index is 10.9. The van der Waals surface area contributed by atoms with E-state index in [1.165, 1.54) is 24.3 Å². The summed E-state index contributed by atoms with van der Waals surface area (Å²) in [5.74, 6) is -0.0210. The molecule has 2 aromatic heterocycles. The molecule has 0 unspecified atom stereocenters. The van der Waals surface area contributed by atoms with Gasteiger partial charge in [0.15, 0.2) is 0 Å². The first-order valence-corrected chi connectivity index (χ1v) is 4.27. The van der Waals surface area contributed by atoms with E-state index in [-0.39, 0.29) is 17.4 Å². The maximum Gasteiger partial charge on any atom is 0.375 e. The molecular weight excluding hydrogens is 214 g/mol. The van der Waals surface area contributed by atoms with Crippen molar-refractivity contribution in [3.63, 3.8) is 0 Å². The average Bonchev–Trinajstić information content (AvgIpc) is 2.81. The fourth-order valence-electron chi connectivity index (χ4n) is 1.22. The van der Waals surface area contributed by atoms with E-state index in [0.29, 0.717) is 0 Å². The Balaban J connectivity index is 2.65. The van der Waals surface area contributed by atoms with E-state index < -0.39 is 4.92 Å². The van der Waals surface area contributed by atoms with Gasteiger partial charge in [-0.15, -0.1) is 0 Å². The highest BCUT2D eigenvalue weighted by Crippen LogP contribution is 2.28. The highest BCUT2D eigenvalue weighted by molar-refractivity contribution is 5.53. The molecule has 0 N–H and O–H groups in total. The third kappa shape index (κ3) is 1.56. The van der Waals surface area contributed by atoms with Crippen LogP contribution in [0.1, 0.15) is 0 Å². The summed E-state index contributed by atoms with van der Waals surface area (Å²) in [6.07, 6.45) is 4.23. The fraction of sp³-hybridized carbons (Fsp3) is 0.125. The zero-order valence-corrected chi connectivity index (χ0v) is 8.27. The monoisotopic (exact) mass is 221 g/mol. The molecule has 0 bridgehead atoms. The average molecular weight is 221 g/mol. The van der Waals surface area contributed by atoms with Crippen LogP contribution in [0.15, 0.2) is 24.8 Å². The van der Waals surface area contributed by atoms with Gasteiger partial charge in [-0.25, -0.2) is 9.67 Å². The van der Waals surface area contributed by atoms with Crippen LogP contribution in [0.2, 0.25) is 0 Å². The van der Waals surface area contributed by atoms with E-state index in [2.05, 4.69) is 15.1 Å². The van der Waals surface area contributed by atoms with E-state index in [4.69, 9.17) is 4.74 Å². The SMILES string of the molecule is COc1ncnc(-n2cccn2)c1[N+](=O)[O-]. The molecule has 0 amide bonds. The van der Waals surface area contributed by atoms with E-state index in [1.807, 2.05) is 0 Å². The number of nitro groups is 1. The molecule has 0 radical (unpaired) electrons. The van der Waals surface area contributed by atoms with Crippen LogP contribution in [0.4, 0.5) is 5.69 Å². The predicted octanol–water partition coefficient (Wildman–Crippen LogP) is 0.579. The summed E-state index contributed by atoms with van der Waals surface area (Å²) in [7, 11) is 1.31. The highest BCUT2D eigenvalue weighted by Gasteiger charge is 2.25. The lowest BCUT2D eigenvalue weighted by Crippen LogP contribution is -2.06. The van der Waals surface area contributed by atoms with Gasteiger partial charge in [0.2, 0.25) is 5.82 Å². The van der Waals surface area contributed by atoms with Crippen molar-refractivity contribution in [2.24, 2.45) is 0 Å². The van der Waals surface area contributed by atoms with Gasteiger partial charge in [0, 0.05) is 12.4 Å². The minimum absolute atomic E-state index is 0.0712. The van der Waals surface area contributed by atoms with Crippen LogP contribution < -0.4 is 4.74 Å². The van der Waals surface area contributed by atoms with E-state index in [9.17, 15) is 10.1 Å². The Bertz CT molecular complexity index is 510. The van der Waals surface area contributed by atoms with Crippen LogP contribution in [-0.2, 0) is 0 Å². The third-order valence-electron chi connectivity index (χ3n) is 1.87. The summed E-state index contributed by atoms with van der Waals surface area (Å²) < 4.78 is 6.09. The summed E-state index contributed by atoms with van der Waals surface area (Å²) in [6.45, 7) is 0. The Hall–Kier alpha value is -2.51. The summed E-state index contributed by atoms with van der Waals surface area (Å²) >= 11 is 0. The summed E-state index contributed by atoms with van der Waals surface area (Å²) in [5.41, 5.74) is -0.311. The lowest BCUT2D eigenvalue weighted by Gasteiger charge is -2.04. The van der Waals surface area contributed by atoms with Gasteiger partial charge in [-0.1, -0.05) is 0 Å². The van der Waals surface area contributed by atoms with Crippen molar-refractivity contribution in [2.75, 3.05) is 7.11 Å². The Labute approximate surface area is 89.7 Å². The zero-order chi connectivity index (χ0) is 11.5. The molecule has 82 valence electrons. The van der Waals surface area contributed by atoms with Crippen LogP contribution in [-0.4, -0.2) is 31.8 Å². The predicted molar refractivity (Wildman–Crippen MR) is 52.4 cm³/mol. The van der Waals surface area contributed by atoms with Gasteiger partial charge < -0.3 is 4.74 Å². The molecule has 16 heavy (non-hydrogen) atoms. The number of methoxy groups -OCH3 is 1. The van der Waals surface area contributed by atoms with Gasteiger partial charge in [0.1, 0.15) is 6.33 Å². The van der Waals surface area contributed by atoms with Crippen molar-refractivity contribution in [2.45, 2.75) is 0 Å². The summed E-state index contributed by atoms with van der Waals surface area (Å²) in [6, 6.07) is 1.64. The molecule has 0 aliphatic rings. The second kappa shape index (κ2) is 3.93. The number of hydrogen-bond acceptors (Lipinski definition) is 6. The lowest BCUT2D eigenvalue weighted by molar-refractivity contribution is -0.386. The molecule has 0 fully saturated rings. The topological polar surface area (TPSA) is 96.0 Å². The molecule has 0 atom stereocenters. The van der Waals surface area contributed by atoms with Crippen molar-refractivity contribution in [1.82, 2.24) is 19.7 Å². The Morgan fingerprint density at radius 2 is 2.31 bits per heavy atom. The van der Waals surface area contributed by atoms with Gasteiger partial charge >= 0.3 is 5.69 Å². The molecule has 0 aliphatic heterocycles. The van der Waals surface area contributed by atoms with E-state index in [1.54, 1.807) is 12.3 Å². The van der Waals surface area contributed by atoms with E-state index in [0.717, 1.165) is 0 Å². The molecular formula is C8H7N5O3. The molecule has 2 aromatic rings. The summed E-state index contributed by atoms with van der Waals surface area (Å²) in [4.78, 5) is 17.8. The maximum absolute atomic E-state index is 10.9. The first-order chi connectivity index (χ1) is 7.74. The molecule has 8 heteroatoms. The number of rotatable bonds is 3. The van der Waals surface area contributed by atoms with Crippen molar-refractivity contribution in [1.29, 1.82) is 0 Å². The van der Waals surface area contributed by atoms with E-state index >= 15 is 0 Å². The van der Waals surface area contributed by atoms with Gasteiger partial charge in [-0.3, -0.25) is 10.1 Å². The van der Waals surface area contributed by atoms with Gasteiger partial charge in [-0.2, -0.15) is 10.1 Å². The smallest absolute Gasteiger partial charge is 0.375 e. The number of nitrogens with zero attached hydrogens (tertiary/aromatic N) is 5. The second-order valence-corrected chi connectivity index (χ2v) is 2.76. The molecule has 2 rings (SSSR count). The third-order valence-corrected chi connectivity index (χ3v) is 1.87. The molecule has 0 spiro atoms. The van der Waals surface area contributed by atoms with Gasteiger partial charge in [0.25, 0.3) is 5.88 Å². The molecule has 0 saturated heterocycles. The molecule has 0 saturated carbocycles. The first-order valence-electron chi connectivity index (χ1n) is 4.27. The fourth-order valence-corrected chi connectivity index (χ4v) is 1.22. The van der Waals surface area contributed by atoms with Crippen molar-refractivity contribution < 1.29 is 9.66 Å². The van der Waals surface area contributed by atoms with Crippen LogP contribution in [0.3, 0.4) is 0 Å². The number of hydrogen-bond donors (Lipinski definition) is 0. The van der Waals surface area contributed by atoms with Crippen molar-refractivity contribution in [3.8, 4) is 11.7 Å². The standard InChI is InChI=1S/C8H7N5O3/c1-16-8-6(13(14)15)7(9-5-10-8)12-4-2-3-11-12/h2-5H,1H3. The Kier molecular flexibility index (Phi) is 2.46. The van der Waals surface area contributed by atoms with Crippen molar-refractivity contribution in [3.05, 3.63) is 34.9 Å². The zero-order valence-electron chi connectivity index (χ0n) is 8.27. The van der Waals surface area contributed by atoms with Crippen LogP contribution >= 0.6 is 0 Å². The lowest BCUT2D eigenvalue weighted by atomic mass is 10.4. The van der Waals surface area contributed by atoms with Crippen LogP contribution in [0, 0.1) is 10.1 Å². The van der Waals surface area contributed by atoms with Crippen LogP contribution in [0.5, 0.6) is 5.88 Å². The quantitative estimate of drug-likeness (QED) is 0.555. The molecule has 8 nitrogen and oxygen atoms in total. The molecule has 0 aliphatic carbocycles. The second-order valence-electron chi connectivity index (χ2n) is 2.76. The molecule has 0 aromatic carbocycles. The largest absolute Gasteiger partial charge is 0.476 e. The normalized spacial score (nSPS) is 10.1. The van der Waals surface area contributed by atoms with Crippen molar-refractivity contribution >= 4 is 5.69 Å². The number of aromatic nitrogens is 4. The highest BCUT2D eigenvalue weighted by atomic mass is 16.6. The van der Waals surface area contributed by atoms with Gasteiger partial charge in [0.05, 0.1) is 12.0 Å². The minimum atomic E-state index is -0.601. The Morgan fingerprint density at radius 1 is 1.50 bits per heavy atom. The number of ether oxygens (including phenoxy) is 1.